The molecule has 0 bridgehead atoms. The fourth-order valence-corrected chi connectivity index (χ4v) is 5.26. The van der Waals surface area contributed by atoms with Gasteiger partial charge in [-0.25, -0.2) is 0 Å². The normalized spacial score (nSPS) is 12.2. The molecule has 0 unspecified atom stereocenters. The average molecular weight is 300 g/mol. The maximum absolute atomic E-state index is 2.32. The molecule has 3 rings (SSSR count). The third-order valence-electron chi connectivity index (χ3n) is 3.69. The van der Waals surface area contributed by atoms with Crippen LogP contribution in [-0.4, -0.2) is 0 Å². The Morgan fingerprint density at radius 1 is 0.950 bits per heavy atom. The predicted molar refractivity (Wildman–Crippen MR) is 93.3 cm³/mol. The molecule has 0 saturated carbocycles. The van der Waals surface area contributed by atoms with E-state index in [-0.39, 0.29) is 5.41 Å². The van der Waals surface area contributed by atoms with E-state index in [0.29, 0.717) is 0 Å². The Morgan fingerprint density at radius 3 is 2.30 bits per heavy atom. The maximum atomic E-state index is 2.32. The van der Waals surface area contributed by atoms with E-state index in [1.807, 2.05) is 22.7 Å². The van der Waals surface area contributed by atoms with E-state index >= 15 is 0 Å². The van der Waals surface area contributed by atoms with Crippen molar-refractivity contribution in [2.75, 3.05) is 0 Å². The van der Waals surface area contributed by atoms with Crippen molar-refractivity contribution in [1.82, 2.24) is 0 Å². The Bertz CT molecular complexity index is 766. The standard InChI is InChI=1S/C18H20S2/c1-11-10-15-17(19-11)12(2)16(20-15)13-8-6-7-9-14(13)18(3,4)5/h6-10H,1-5H3. The van der Waals surface area contributed by atoms with E-state index in [1.165, 1.54) is 35.8 Å². The number of hydrogen-bond acceptors (Lipinski definition) is 2. The lowest BCUT2D eigenvalue weighted by Gasteiger charge is -2.22. The van der Waals surface area contributed by atoms with E-state index in [1.54, 1.807) is 0 Å². The quantitative estimate of drug-likeness (QED) is 0.478. The van der Waals surface area contributed by atoms with Gasteiger partial charge in [0.1, 0.15) is 0 Å². The Kier molecular flexibility index (Phi) is 3.26. The molecule has 3 aromatic rings. The number of aryl methyl sites for hydroxylation is 2. The lowest BCUT2D eigenvalue weighted by molar-refractivity contribution is 0.592. The van der Waals surface area contributed by atoms with Gasteiger partial charge in [-0.05, 0) is 42.0 Å². The van der Waals surface area contributed by atoms with Crippen molar-refractivity contribution in [3.05, 3.63) is 46.3 Å². The van der Waals surface area contributed by atoms with Gasteiger partial charge in [0, 0.05) is 19.2 Å². The summed E-state index contributed by atoms with van der Waals surface area (Å²) >= 11 is 3.86. The molecule has 0 amide bonds. The van der Waals surface area contributed by atoms with Crippen LogP contribution in [-0.2, 0) is 5.41 Å². The summed E-state index contributed by atoms with van der Waals surface area (Å²) in [6.45, 7) is 11.3. The Morgan fingerprint density at radius 2 is 1.65 bits per heavy atom. The van der Waals surface area contributed by atoms with Gasteiger partial charge in [-0.15, -0.1) is 22.7 Å². The van der Waals surface area contributed by atoms with Gasteiger partial charge in [-0.3, -0.25) is 0 Å². The van der Waals surface area contributed by atoms with Crippen molar-refractivity contribution in [3.63, 3.8) is 0 Å². The average Bonchev–Trinajstić information content (AvgIpc) is 2.87. The van der Waals surface area contributed by atoms with Crippen molar-refractivity contribution in [1.29, 1.82) is 0 Å². The first-order chi connectivity index (χ1) is 9.38. The first-order valence-electron chi connectivity index (χ1n) is 6.97. The van der Waals surface area contributed by atoms with Crippen LogP contribution in [0.5, 0.6) is 0 Å². The van der Waals surface area contributed by atoms with Crippen LogP contribution in [0.15, 0.2) is 30.3 Å². The molecular weight excluding hydrogens is 280 g/mol. The summed E-state index contributed by atoms with van der Waals surface area (Å²) in [5.41, 5.74) is 4.47. The molecule has 104 valence electrons. The van der Waals surface area contributed by atoms with Crippen LogP contribution >= 0.6 is 22.7 Å². The molecular formula is C18H20S2. The highest BCUT2D eigenvalue weighted by Gasteiger charge is 2.21. The maximum Gasteiger partial charge on any atom is 0.0489 e. The molecule has 2 heteroatoms. The van der Waals surface area contributed by atoms with E-state index in [0.717, 1.165) is 0 Å². The highest BCUT2D eigenvalue weighted by Crippen LogP contribution is 2.44. The second kappa shape index (κ2) is 4.71. The van der Waals surface area contributed by atoms with E-state index in [4.69, 9.17) is 0 Å². The number of hydrogen-bond donors (Lipinski definition) is 0. The van der Waals surface area contributed by atoms with Crippen LogP contribution in [0.3, 0.4) is 0 Å². The molecule has 0 nitrogen and oxygen atoms in total. The fraction of sp³-hybridized carbons (Fsp3) is 0.333. The number of benzene rings is 1. The molecule has 0 aliphatic carbocycles. The zero-order valence-electron chi connectivity index (χ0n) is 12.7. The molecule has 20 heavy (non-hydrogen) atoms. The van der Waals surface area contributed by atoms with E-state index < -0.39 is 0 Å². The second-order valence-electron chi connectivity index (χ2n) is 6.40. The Labute approximate surface area is 129 Å². The monoisotopic (exact) mass is 300 g/mol. The zero-order valence-corrected chi connectivity index (χ0v) is 14.3. The predicted octanol–water partition coefficient (Wildman–Crippen LogP) is 6.54. The highest BCUT2D eigenvalue weighted by molar-refractivity contribution is 7.29. The summed E-state index contributed by atoms with van der Waals surface area (Å²) in [6.07, 6.45) is 0. The largest absolute Gasteiger partial charge is 0.139 e. The molecule has 2 aromatic heterocycles. The minimum Gasteiger partial charge on any atom is -0.139 e. The van der Waals surface area contributed by atoms with Gasteiger partial charge in [0.25, 0.3) is 0 Å². The molecule has 0 fully saturated rings. The van der Waals surface area contributed by atoms with Crippen molar-refractivity contribution in [2.45, 2.75) is 40.0 Å². The fourth-order valence-electron chi connectivity index (χ4n) is 2.71. The minimum atomic E-state index is 0.177. The van der Waals surface area contributed by atoms with Crippen molar-refractivity contribution in [3.8, 4) is 10.4 Å². The smallest absolute Gasteiger partial charge is 0.0489 e. The van der Waals surface area contributed by atoms with Gasteiger partial charge >= 0.3 is 0 Å². The summed E-state index contributed by atoms with van der Waals surface area (Å²) < 4.78 is 2.90. The summed E-state index contributed by atoms with van der Waals surface area (Å²) in [4.78, 5) is 2.85. The highest BCUT2D eigenvalue weighted by atomic mass is 32.1. The second-order valence-corrected chi connectivity index (χ2v) is 8.71. The third-order valence-corrected chi connectivity index (χ3v) is 6.27. The summed E-state index contributed by atoms with van der Waals surface area (Å²) in [5, 5.41) is 0. The Hall–Kier alpha value is -1.12. The molecule has 0 saturated heterocycles. The van der Waals surface area contributed by atoms with Gasteiger partial charge in [-0.2, -0.15) is 0 Å². The molecule has 0 aliphatic heterocycles. The van der Waals surface area contributed by atoms with Crippen LogP contribution in [0.1, 0.15) is 36.8 Å². The van der Waals surface area contributed by atoms with Gasteiger partial charge in [0.05, 0.1) is 0 Å². The first-order valence-corrected chi connectivity index (χ1v) is 8.60. The van der Waals surface area contributed by atoms with Crippen LogP contribution in [0, 0.1) is 13.8 Å². The first kappa shape index (κ1) is 13.8. The zero-order chi connectivity index (χ0) is 14.5. The lowest BCUT2D eigenvalue weighted by Crippen LogP contribution is -2.12. The number of fused-ring (bicyclic) bond motifs is 1. The van der Waals surface area contributed by atoms with Crippen LogP contribution in [0.25, 0.3) is 19.8 Å². The topological polar surface area (TPSA) is 0 Å². The molecule has 1 aromatic carbocycles. The van der Waals surface area contributed by atoms with Gasteiger partial charge in [0.2, 0.25) is 0 Å². The molecule has 0 spiro atoms. The Balaban J connectivity index is 2.26. The minimum absolute atomic E-state index is 0.177. The molecule has 0 N–H and O–H groups in total. The number of rotatable bonds is 1. The van der Waals surface area contributed by atoms with Crippen LogP contribution in [0.2, 0.25) is 0 Å². The van der Waals surface area contributed by atoms with Crippen LogP contribution < -0.4 is 0 Å². The van der Waals surface area contributed by atoms with E-state index in [9.17, 15) is 0 Å². The third kappa shape index (κ3) is 2.21. The van der Waals surface area contributed by atoms with Crippen LogP contribution in [0.4, 0.5) is 0 Å². The number of thiophene rings is 2. The van der Waals surface area contributed by atoms with E-state index in [2.05, 4.69) is 65.0 Å². The summed E-state index contributed by atoms with van der Waals surface area (Å²) in [6, 6.07) is 11.2. The van der Waals surface area contributed by atoms with Gasteiger partial charge in [-0.1, -0.05) is 45.0 Å². The van der Waals surface area contributed by atoms with Gasteiger partial charge < -0.3 is 0 Å². The van der Waals surface area contributed by atoms with Crippen molar-refractivity contribution in [2.24, 2.45) is 0 Å². The summed E-state index contributed by atoms with van der Waals surface area (Å²) in [7, 11) is 0. The molecule has 2 heterocycles. The molecule has 0 atom stereocenters. The summed E-state index contributed by atoms with van der Waals surface area (Å²) in [5.74, 6) is 0. The van der Waals surface area contributed by atoms with Crippen molar-refractivity contribution >= 4 is 32.1 Å². The lowest BCUT2D eigenvalue weighted by atomic mass is 9.83. The molecule has 0 aliphatic rings. The molecule has 0 radical (unpaired) electrons. The SMILES string of the molecule is Cc1cc2sc(-c3ccccc3C(C)(C)C)c(C)c2s1. The van der Waals surface area contributed by atoms with Crippen molar-refractivity contribution < 1.29 is 0 Å². The van der Waals surface area contributed by atoms with Gasteiger partial charge in [0.15, 0.2) is 0 Å².